The number of nitrogens with zero attached hydrogens (tertiary/aromatic N) is 1. The molecule has 1 heterocycles. The number of aromatic amines is 1. The van der Waals surface area contributed by atoms with Crippen LogP contribution in [0.1, 0.15) is 24.2 Å². The van der Waals surface area contributed by atoms with E-state index in [1.807, 2.05) is 6.07 Å². The van der Waals surface area contributed by atoms with E-state index in [4.69, 9.17) is 0 Å². The molecule has 4 heteroatoms. The molecular weight excluding hydrogens is 266 g/mol. The highest BCUT2D eigenvalue weighted by Gasteiger charge is 2.04. The van der Waals surface area contributed by atoms with Crippen LogP contribution in [0.2, 0.25) is 0 Å². The second kappa shape index (κ2) is 5.27. The summed E-state index contributed by atoms with van der Waals surface area (Å²) in [6.07, 6.45) is 1.77. The molecule has 1 aromatic heterocycles. The van der Waals surface area contributed by atoms with Crippen LogP contribution >= 0.6 is 15.9 Å². The van der Waals surface area contributed by atoms with Crippen LogP contribution in [0.3, 0.4) is 0 Å². The van der Waals surface area contributed by atoms with Gasteiger partial charge in [-0.2, -0.15) is 5.10 Å². The quantitative estimate of drug-likeness (QED) is 0.903. The second-order valence-electron chi connectivity index (χ2n) is 3.74. The standard InChI is InChI=1S/C12H14BrN3/c1-9(10-2-4-11(13)5-3-10)14-8-12-6-7-15-16-12/h2-7,9,14H,8H2,1H3,(H,15,16)/t9-/m1/s1. The Bertz CT molecular complexity index is 422. The minimum Gasteiger partial charge on any atom is -0.305 e. The molecule has 2 rings (SSSR count). The average molecular weight is 280 g/mol. The Morgan fingerprint density at radius 1 is 1.31 bits per heavy atom. The summed E-state index contributed by atoms with van der Waals surface area (Å²) in [5.74, 6) is 0. The van der Waals surface area contributed by atoms with E-state index in [0.717, 1.165) is 16.7 Å². The Hall–Kier alpha value is -1.13. The summed E-state index contributed by atoms with van der Waals surface area (Å²) in [5, 5.41) is 10.3. The van der Waals surface area contributed by atoms with Gasteiger partial charge in [-0.3, -0.25) is 5.10 Å². The fourth-order valence-corrected chi connectivity index (χ4v) is 1.78. The normalized spacial score (nSPS) is 12.6. The molecule has 0 spiro atoms. The third-order valence-electron chi connectivity index (χ3n) is 2.53. The number of halogens is 1. The molecule has 0 unspecified atom stereocenters. The van der Waals surface area contributed by atoms with Crippen molar-refractivity contribution in [2.75, 3.05) is 0 Å². The topological polar surface area (TPSA) is 40.7 Å². The van der Waals surface area contributed by atoms with Crippen molar-refractivity contribution in [2.45, 2.75) is 19.5 Å². The van der Waals surface area contributed by atoms with Gasteiger partial charge in [0.05, 0.1) is 0 Å². The van der Waals surface area contributed by atoms with Crippen molar-refractivity contribution in [2.24, 2.45) is 0 Å². The predicted molar refractivity (Wildman–Crippen MR) is 68.0 cm³/mol. The summed E-state index contributed by atoms with van der Waals surface area (Å²) in [6, 6.07) is 10.7. The Morgan fingerprint density at radius 2 is 2.06 bits per heavy atom. The molecule has 0 amide bonds. The summed E-state index contributed by atoms with van der Waals surface area (Å²) in [4.78, 5) is 0. The molecule has 1 aromatic carbocycles. The van der Waals surface area contributed by atoms with Crippen LogP contribution in [-0.2, 0) is 6.54 Å². The van der Waals surface area contributed by atoms with E-state index < -0.39 is 0 Å². The number of nitrogens with one attached hydrogen (secondary N) is 2. The van der Waals surface area contributed by atoms with Crippen molar-refractivity contribution in [3.8, 4) is 0 Å². The summed E-state index contributed by atoms with van der Waals surface area (Å²) < 4.78 is 1.11. The Kier molecular flexibility index (Phi) is 3.74. The van der Waals surface area contributed by atoms with E-state index in [9.17, 15) is 0 Å². The van der Waals surface area contributed by atoms with Crippen LogP contribution in [0.4, 0.5) is 0 Å². The molecule has 0 bridgehead atoms. The first kappa shape index (κ1) is 11.4. The molecule has 3 nitrogen and oxygen atoms in total. The number of benzene rings is 1. The van der Waals surface area contributed by atoms with Gasteiger partial charge in [0.1, 0.15) is 0 Å². The van der Waals surface area contributed by atoms with Crippen LogP contribution in [0.5, 0.6) is 0 Å². The van der Waals surface area contributed by atoms with Crippen LogP contribution in [0.25, 0.3) is 0 Å². The number of rotatable bonds is 4. The number of aromatic nitrogens is 2. The molecule has 2 aromatic rings. The molecule has 84 valence electrons. The fraction of sp³-hybridized carbons (Fsp3) is 0.250. The van der Waals surface area contributed by atoms with Gasteiger partial charge in [0.15, 0.2) is 0 Å². The molecule has 0 radical (unpaired) electrons. The van der Waals surface area contributed by atoms with E-state index in [2.05, 4.69) is 62.6 Å². The average Bonchev–Trinajstić information content (AvgIpc) is 2.80. The number of H-pyrrole nitrogens is 1. The minimum absolute atomic E-state index is 0.330. The summed E-state index contributed by atoms with van der Waals surface area (Å²) in [7, 11) is 0. The summed E-state index contributed by atoms with van der Waals surface area (Å²) >= 11 is 3.43. The van der Waals surface area contributed by atoms with Crippen molar-refractivity contribution in [3.63, 3.8) is 0 Å². The van der Waals surface area contributed by atoms with Gasteiger partial charge in [-0.1, -0.05) is 28.1 Å². The lowest BCUT2D eigenvalue weighted by Gasteiger charge is -2.13. The van der Waals surface area contributed by atoms with Gasteiger partial charge in [-0.05, 0) is 30.7 Å². The van der Waals surface area contributed by atoms with Crippen LogP contribution in [0.15, 0.2) is 41.0 Å². The van der Waals surface area contributed by atoms with Crippen molar-refractivity contribution in [3.05, 3.63) is 52.3 Å². The van der Waals surface area contributed by atoms with Gasteiger partial charge in [-0.25, -0.2) is 0 Å². The van der Waals surface area contributed by atoms with Crippen molar-refractivity contribution in [1.29, 1.82) is 0 Å². The van der Waals surface area contributed by atoms with E-state index >= 15 is 0 Å². The van der Waals surface area contributed by atoms with Crippen molar-refractivity contribution < 1.29 is 0 Å². The van der Waals surface area contributed by atoms with Gasteiger partial charge in [0.25, 0.3) is 0 Å². The van der Waals surface area contributed by atoms with Gasteiger partial charge in [-0.15, -0.1) is 0 Å². The SMILES string of the molecule is C[C@@H](NCc1ccn[nH]1)c1ccc(Br)cc1. The maximum Gasteiger partial charge on any atom is 0.0490 e. The molecule has 0 fully saturated rings. The lowest BCUT2D eigenvalue weighted by atomic mass is 10.1. The maximum atomic E-state index is 3.91. The molecule has 16 heavy (non-hydrogen) atoms. The summed E-state index contributed by atoms with van der Waals surface area (Å²) in [5.41, 5.74) is 2.38. The Labute approximate surface area is 103 Å². The molecule has 0 saturated carbocycles. The Morgan fingerprint density at radius 3 is 2.69 bits per heavy atom. The molecule has 0 saturated heterocycles. The van der Waals surface area contributed by atoms with E-state index in [1.54, 1.807) is 6.20 Å². The molecule has 0 aliphatic heterocycles. The largest absolute Gasteiger partial charge is 0.305 e. The van der Waals surface area contributed by atoms with Gasteiger partial charge < -0.3 is 5.32 Å². The van der Waals surface area contributed by atoms with Gasteiger partial charge in [0, 0.05) is 29.0 Å². The van der Waals surface area contributed by atoms with E-state index in [-0.39, 0.29) is 0 Å². The number of hydrogen-bond donors (Lipinski definition) is 2. The van der Waals surface area contributed by atoms with Crippen LogP contribution < -0.4 is 5.32 Å². The van der Waals surface area contributed by atoms with Crippen LogP contribution in [0, 0.1) is 0 Å². The zero-order valence-corrected chi connectivity index (χ0v) is 10.7. The highest BCUT2D eigenvalue weighted by molar-refractivity contribution is 9.10. The van der Waals surface area contributed by atoms with E-state index in [1.165, 1.54) is 5.56 Å². The van der Waals surface area contributed by atoms with E-state index in [0.29, 0.717) is 6.04 Å². The number of hydrogen-bond acceptors (Lipinski definition) is 2. The zero-order chi connectivity index (χ0) is 11.4. The lowest BCUT2D eigenvalue weighted by Crippen LogP contribution is -2.18. The second-order valence-corrected chi connectivity index (χ2v) is 4.65. The van der Waals surface area contributed by atoms with Crippen LogP contribution in [-0.4, -0.2) is 10.2 Å². The predicted octanol–water partition coefficient (Wildman–Crippen LogP) is 3.02. The summed E-state index contributed by atoms with van der Waals surface area (Å²) in [6.45, 7) is 2.96. The third-order valence-corrected chi connectivity index (χ3v) is 3.06. The molecule has 0 aliphatic rings. The molecule has 1 atom stereocenters. The smallest absolute Gasteiger partial charge is 0.0490 e. The first-order chi connectivity index (χ1) is 7.75. The van der Waals surface area contributed by atoms with Gasteiger partial charge >= 0.3 is 0 Å². The molecule has 0 aliphatic carbocycles. The highest BCUT2D eigenvalue weighted by atomic mass is 79.9. The Balaban J connectivity index is 1.93. The molecular formula is C12H14BrN3. The monoisotopic (exact) mass is 279 g/mol. The lowest BCUT2D eigenvalue weighted by molar-refractivity contribution is 0.567. The first-order valence-corrected chi connectivity index (χ1v) is 6.02. The zero-order valence-electron chi connectivity index (χ0n) is 9.07. The van der Waals surface area contributed by atoms with Gasteiger partial charge in [0.2, 0.25) is 0 Å². The van der Waals surface area contributed by atoms with Crippen molar-refractivity contribution >= 4 is 15.9 Å². The van der Waals surface area contributed by atoms with Crippen molar-refractivity contribution in [1.82, 2.24) is 15.5 Å². The maximum absolute atomic E-state index is 3.91. The molecule has 2 N–H and O–H groups in total. The third kappa shape index (κ3) is 2.93. The fourth-order valence-electron chi connectivity index (χ4n) is 1.52. The highest BCUT2D eigenvalue weighted by Crippen LogP contribution is 2.16. The minimum atomic E-state index is 0.330. The first-order valence-electron chi connectivity index (χ1n) is 5.23.